The van der Waals surface area contributed by atoms with E-state index >= 15 is 0 Å². The van der Waals surface area contributed by atoms with Crippen LogP contribution < -0.4 is 10.6 Å². The summed E-state index contributed by atoms with van der Waals surface area (Å²) in [4.78, 5) is 20.6. The first-order chi connectivity index (χ1) is 12.1. The Labute approximate surface area is 154 Å². The third kappa shape index (κ3) is 4.87. The highest BCUT2D eigenvalue weighted by molar-refractivity contribution is 9.10. The number of carbonyl (C=O) groups excluding carboxylic acids is 1. The van der Waals surface area contributed by atoms with Crippen molar-refractivity contribution in [2.24, 2.45) is 0 Å². The highest BCUT2D eigenvalue weighted by Gasteiger charge is 2.07. The molecule has 1 heterocycles. The maximum Gasteiger partial charge on any atom is 0.254 e. The molecule has 0 aliphatic heterocycles. The van der Waals surface area contributed by atoms with Gasteiger partial charge in [0.05, 0.1) is 5.56 Å². The maximum absolute atomic E-state index is 12.2. The number of hydrogen-bond acceptors (Lipinski definition) is 4. The molecule has 1 amide bonds. The average molecular weight is 397 g/mol. The largest absolute Gasteiger partial charge is 0.348 e. The molecule has 3 aromatic rings. The molecular weight excluding hydrogens is 380 g/mol. The van der Waals surface area contributed by atoms with Gasteiger partial charge in [0, 0.05) is 29.1 Å². The van der Waals surface area contributed by atoms with Crippen LogP contribution in [0.1, 0.15) is 21.5 Å². The van der Waals surface area contributed by atoms with Crippen LogP contribution in [0.5, 0.6) is 0 Å². The lowest BCUT2D eigenvalue weighted by atomic mass is 10.1. The summed E-state index contributed by atoms with van der Waals surface area (Å²) in [6.07, 6.45) is 3.03. The lowest BCUT2D eigenvalue weighted by Gasteiger charge is -2.07. The second kappa shape index (κ2) is 7.90. The van der Waals surface area contributed by atoms with Crippen molar-refractivity contribution in [3.8, 4) is 0 Å². The summed E-state index contributed by atoms with van der Waals surface area (Å²) in [6, 6.07) is 15.7. The van der Waals surface area contributed by atoms with Crippen molar-refractivity contribution < 1.29 is 4.79 Å². The first-order valence-corrected chi connectivity index (χ1v) is 8.58. The number of nitrogens with one attached hydrogen (secondary N) is 2. The van der Waals surface area contributed by atoms with E-state index in [-0.39, 0.29) is 5.91 Å². The van der Waals surface area contributed by atoms with E-state index in [1.54, 1.807) is 0 Å². The Morgan fingerprint density at radius 2 is 1.64 bits per heavy atom. The summed E-state index contributed by atoms with van der Waals surface area (Å²) in [6.45, 7) is 2.50. The highest BCUT2D eigenvalue weighted by Crippen LogP contribution is 2.16. The van der Waals surface area contributed by atoms with Gasteiger partial charge in [0.25, 0.3) is 5.91 Å². The summed E-state index contributed by atoms with van der Waals surface area (Å²) in [7, 11) is 0. The van der Waals surface area contributed by atoms with Crippen molar-refractivity contribution >= 4 is 33.5 Å². The number of hydrogen-bond donors (Lipinski definition) is 2. The highest BCUT2D eigenvalue weighted by atomic mass is 79.9. The Bertz CT molecular complexity index is 846. The molecular formula is C19H17BrN4O. The van der Waals surface area contributed by atoms with Crippen molar-refractivity contribution in [3.05, 3.63) is 82.1 Å². The standard InChI is InChI=1S/C19H17BrN4O/c1-13-2-4-14(5-3-13)10-21-18(25)15-11-22-19(23-12-15)24-17-8-6-16(20)7-9-17/h2-9,11-12H,10H2,1H3,(H,21,25)(H,22,23,24). The molecule has 126 valence electrons. The van der Waals surface area contributed by atoms with E-state index < -0.39 is 0 Å². The molecule has 2 aromatic carbocycles. The molecule has 2 N–H and O–H groups in total. The number of aromatic nitrogens is 2. The average Bonchev–Trinajstić information content (AvgIpc) is 2.63. The van der Waals surface area contributed by atoms with Gasteiger partial charge in [0.15, 0.2) is 0 Å². The number of nitrogens with zero attached hydrogens (tertiary/aromatic N) is 2. The normalized spacial score (nSPS) is 10.3. The molecule has 0 saturated heterocycles. The minimum atomic E-state index is -0.198. The quantitative estimate of drug-likeness (QED) is 0.677. The molecule has 0 fully saturated rings. The molecule has 6 heteroatoms. The van der Waals surface area contributed by atoms with Crippen molar-refractivity contribution in [2.75, 3.05) is 5.32 Å². The second-order valence-corrected chi connectivity index (χ2v) is 6.51. The van der Waals surface area contributed by atoms with Crippen LogP contribution in [-0.2, 0) is 6.54 Å². The Morgan fingerprint density at radius 1 is 1.00 bits per heavy atom. The monoisotopic (exact) mass is 396 g/mol. The fourth-order valence-electron chi connectivity index (χ4n) is 2.16. The fourth-order valence-corrected chi connectivity index (χ4v) is 2.43. The number of benzene rings is 2. The molecule has 0 spiro atoms. The zero-order valence-electron chi connectivity index (χ0n) is 13.7. The molecule has 0 bridgehead atoms. The van der Waals surface area contributed by atoms with Gasteiger partial charge in [0.2, 0.25) is 5.95 Å². The van der Waals surface area contributed by atoms with Gasteiger partial charge >= 0.3 is 0 Å². The molecule has 5 nitrogen and oxygen atoms in total. The molecule has 0 radical (unpaired) electrons. The minimum absolute atomic E-state index is 0.198. The molecule has 25 heavy (non-hydrogen) atoms. The molecule has 0 aliphatic carbocycles. The van der Waals surface area contributed by atoms with Gasteiger partial charge in [-0.3, -0.25) is 4.79 Å². The molecule has 0 atom stereocenters. The van der Waals surface area contributed by atoms with Gasteiger partial charge in [-0.1, -0.05) is 45.8 Å². The molecule has 3 rings (SSSR count). The Balaban J connectivity index is 1.58. The molecule has 0 unspecified atom stereocenters. The molecule has 0 saturated carbocycles. The van der Waals surface area contributed by atoms with Gasteiger partial charge in [-0.15, -0.1) is 0 Å². The van der Waals surface area contributed by atoms with Crippen LogP contribution in [0.3, 0.4) is 0 Å². The first-order valence-electron chi connectivity index (χ1n) is 7.78. The van der Waals surface area contributed by atoms with E-state index in [0.717, 1.165) is 15.7 Å². The summed E-state index contributed by atoms with van der Waals surface area (Å²) in [5, 5.41) is 5.95. The maximum atomic E-state index is 12.2. The topological polar surface area (TPSA) is 66.9 Å². The Morgan fingerprint density at radius 3 is 2.28 bits per heavy atom. The van der Waals surface area contributed by atoms with Gasteiger partial charge in [-0.05, 0) is 36.8 Å². The lowest BCUT2D eigenvalue weighted by molar-refractivity contribution is 0.0950. The van der Waals surface area contributed by atoms with E-state index in [1.165, 1.54) is 18.0 Å². The van der Waals surface area contributed by atoms with E-state index in [1.807, 2.05) is 55.5 Å². The summed E-state index contributed by atoms with van der Waals surface area (Å²) >= 11 is 3.39. The molecule has 1 aromatic heterocycles. The van der Waals surface area contributed by atoms with Crippen LogP contribution in [0.15, 0.2) is 65.4 Å². The van der Waals surface area contributed by atoms with E-state index in [9.17, 15) is 4.79 Å². The summed E-state index contributed by atoms with van der Waals surface area (Å²) in [5.74, 6) is 0.244. The summed E-state index contributed by atoms with van der Waals surface area (Å²) in [5.41, 5.74) is 3.54. The van der Waals surface area contributed by atoms with Crippen LogP contribution >= 0.6 is 15.9 Å². The van der Waals surface area contributed by atoms with Crippen molar-refractivity contribution in [1.82, 2.24) is 15.3 Å². The second-order valence-electron chi connectivity index (χ2n) is 5.60. The smallest absolute Gasteiger partial charge is 0.254 e. The van der Waals surface area contributed by atoms with Crippen molar-refractivity contribution in [2.45, 2.75) is 13.5 Å². The van der Waals surface area contributed by atoms with Crippen LogP contribution in [0.25, 0.3) is 0 Å². The molecule has 0 aliphatic rings. The van der Waals surface area contributed by atoms with Gasteiger partial charge in [0.1, 0.15) is 0 Å². The number of amides is 1. The van der Waals surface area contributed by atoms with Crippen LogP contribution in [0.4, 0.5) is 11.6 Å². The van der Waals surface area contributed by atoms with Crippen LogP contribution in [-0.4, -0.2) is 15.9 Å². The Kier molecular flexibility index (Phi) is 5.40. The number of carbonyl (C=O) groups is 1. The first kappa shape index (κ1) is 17.1. The predicted octanol–water partition coefficient (Wildman–Crippen LogP) is 4.22. The minimum Gasteiger partial charge on any atom is -0.348 e. The number of aryl methyl sites for hydroxylation is 1. The van der Waals surface area contributed by atoms with E-state index in [2.05, 4.69) is 36.5 Å². The number of rotatable bonds is 5. The van der Waals surface area contributed by atoms with Gasteiger partial charge in [-0.25, -0.2) is 9.97 Å². The van der Waals surface area contributed by atoms with Crippen LogP contribution in [0, 0.1) is 6.92 Å². The summed E-state index contributed by atoms with van der Waals surface area (Å²) < 4.78 is 1.000. The van der Waals surface area contributed by atoms with Gasteiger partial charge in [-0.2, -0.15) is 0 Å². The van der Waals surface area contributed by atoms with Crippen LogP contribution in [0.2, 0.25) is 0 Å². The zero-order chi connectivity index (χ0) is 17.6. The Hall–Kier alpha value is -2.73. The SMILES string of the molecule is Cc1ccc(CNC(=O)c2cnc(Nc3ccc(Br)cc3)nc2)cc1. The van der Waals surface area contributed by atoms with E-state index in [4.69, 9.17) is 0 Å². The lowest BCUT2D eigenvalue weighted by Crippen LogP contribution is -2.23. The third-order valence-corrected chi connectivity index (χ3v) is 4.12. The van der Waals surface area contributed by atoms with Crippen molar-refractivity contribution in [1.29, 1.82) is 0 Å². The van der Waals surface area contributed by atoms with Gasteiger partial charge < -0.3 is 10.6 Å². The van der Waals surface area contributed by atoms with Crippen molar-refractivity contribution in [3.63, 3.8) is 0 Å². The third-order valence-electron chi connectivity index (χ3n) is 3.59. The zero-order valence-corrected chi connectivity index (χ0v) is 15.2. The number of halogens is 1. The fraction of sp³-hybridized carbons (Fsp3) is 0.105. The number of anilines is 2. The predicted molar refractivity (Wildman–Crippen MR) is 102 cm³/mol. The van der Waals surface area contributed by atoms with E-state index in [0.29, 0.717) is 18.1 Å².